The molecule has 0 atom stereocenters. The van der Waals surface area contributed by atoms with Gasteiger partial charge in [0.2, 0.25) is 0 Å². The van der Waals surface area contributed by atoms with Gasteiger partial charge in [-0.25, -0.2) is 8.42 Å². The van der Waals surface area contributed by atoms with E-state index in [2.05, 4.69) is 10.2 Å². The summed E-state index contributed by atoms with van der Waals surface area (Å²) in [5.41, 5.74) is 0. The topological polar surface area (TPSA) is 64.8 Å². The minimum atomic E-state index is -3.18. The van der Waals surface area contributed by atoms with Crippen LogP contribution in [0.2, 0.25) is 0 Å². The van der Waals surface area contributed by atoms with Crippen molar-refractivity contribution < 1.29 is 8.42 Å². The van der Waals surface area contributed by atoms with E-state index in [0.29, 0.717) is 11.9 Å². The van der Waals surface area contributed by atoms with Crippen LogP contribution >= 0.6 is 0 Å². The molecule has 1 fully saturated rings. The number of nitrogens with zero attached hydrogens (tertiary/aromatic N) is 3. The maximum Gasteiger partial charge on any atom is 0.159 e. The van der Waals surface area contributed by atoms with Gasteiger partial charge in [-0.1, -0.05) is 0 Å². The van der Waals surface area contributed by atoms with Gasteiger partial charge in [0, 0.05) is 12.3 Å². The monoisotopic (exact) mass is 229 g/mol. The highest BCUT2D eigenvalue weighted by Gasteiger charge is 2.39. The van der Waals surface area contributed by atoms with Crippen molar-refractivity contribution in [3.8, 4) is 0 Å². The molecule has 1 aromatic heterocycles. The van der Waals surface area contributed by atoms with Crippen LogP contribution in [0.1, 0.15) is 38.6 Å². The molecule has 1 aromatic rings. The summed E-state index contributed by atoms with van der Waals surface area (Å²) < 4.78 is 24.3. The molecule has 1 heterocycles. The average molecular weight is 229 g/mol. The first kappa shape index (κ1) is 10.6. The lowest BCUT2D eigenvalue weighted by atomic mass is 10.2. The van der Waals surface area contributed by atoms with E-state index in [1.54, 1.807) is 20.2 Å². The molecule has 0 saturated heterocycles. The molecule has 0 unspecified atom stereocenters. The molecule has 0 aromatic carbocycles. The number of sulfone groups is 1. The lowest BCUT2D eigenvalue weighted by Gasteiger charge is -2.22. The van der Waals surface area contributed by atoms with Crippen LogP contribution < -0.4 is 0 Å². The molecule has 0 amide bonds. The molecule has 0 bridgehead atoms. The first-order valence-electron chi connectivity index (χ1n) is 4.93. The van der Waals surface area contributed by atoms with Crippen molar-refractivity contribution >= 4 is 9.84 Å². The Morgan fingerprint density at radius 3 is 2.53 bits per heavy atom. The van der Waals surface area contributed by atoms with Gasteiger partial charge in [0.15, 0.2) is 15.7 Å². The van der Waals surface area contributed by atoms with Crippen LogP contribution in [0.3, 0.4) is 0 Å². The zero-order valence-electron chi connectivity index (χ0n) is 9.14. The summed E-state index contributed by atoms with van der Waals surface area (Å²) in [5, 5.41) is 7.76. The van der Waals surface area contributed by atoms with Gasteiger partial charge in [-0.05, 0) is 26.7 Å². The van der Waals surface area contributed by atoms with Crippen molar-refractivity contribution in [2.75, 3.05) is 6.26 Å². The minimum absolute atomic E-state index is 0.399. The van der Waals surface area contributed by atoms with Gasteiger partial charge in [0.25, 0.3) is 0 Å². The predicted molar refractivity (Wildman–Crippen MR) is 56.2 cm³/mol. The Bertz CT molecular complexity index is 471. The van der Waals surface area contributed by atoms with Gasteiger partial charge in [-0.3, -0.25) is 0 Å². The van der Waals surface area contributed by atoms with Crippen molar-refractivity contribution in [3.05, 3.63) is 12.2 Å². The SMILES string of the molecule is CC(C)(c1nncn1C1CC1)S(C)(=O)=O. The number of rotatable bonds is 3. The second-order valence-electron chi connectivity index (χ2n) is 4.58. The van der Waals surface area contributed by atoms with E-state index in [9.17, 15) is 8.42 Å². The van der Waals surface area contributed by atoms with Gasteiger partial charge in [0.05, 0.1) is 0 Å². The molecule has 1 aliphatic rings. The highest BCUT2D eigenvalue weighted by atomic mass is 32.2. The molecule has 15 heavy (non-hydrogen) atoms. The lowest BCUT2D eigenvalue weighted by Crippen LogP contribution is -2.31. The summed E-state index contributed by atoms with van der Waals surface area (Å²) in [6, 6.07) is 0.399. The molecule has 1 aliphatic carbocycles. The summed E-state index contributed by atoms with van der Waals surface area (Å²) >= 11 is 0. The fourth-order valence-corrected chi connectivity index (χ4v) is 1.94. The number of hydrogen-bond acceptors (Lipinski definition) is 4. The van der Waals surface area contributed by atoms with Crippen LogP contribution in [0.25, 0.3) is 0 Å². The maximum absolute atomic E-state index is 11.7. The fraction of sp³-hybridized carbons (Fsp3) is 0.778. The molecule has 5 nitrogen and oxygen atoms in total. The van der Waals surface area contributed by atoms with Crippen molar-refractivity contribution in [3.63, 3.8) is 0 Å². The molecule has 0 N–H and O–H groups in total. The minimum Gasteiger partial charge on any atom is -0.313 e. The van der Waals surface area contributed by atoms with Gasteiger partial charge in [-0.15, -0.1) is 10.2 Å². The molecule has 1 saturated carbocycles. The van der Waals surface area contributed by atoms with Crippen molar-refractivity contribution in [1.29, 1.82) is 0 Å². The number of hydrogen-bond donors (Lipinski definition) is 0. The van der Waals surface area contributed by atoms with Gasteiger partial charge < -0.3 is 4.57 Å². The Hall–Kier alpha value is -0.910. The smallest absolute Gasteiger partial charge is 0.159 e. The van der Waals surface area contributed by atoms with E-state index in [-0.39, 0.29) is 0 Å². The largest absolute Gasteiger partial charge is 0.313 e. The second-order valence-corrected chi connectivity index (χ2v) is 7.14. The third-order valence-electron chi connectivity index (χ3n) is 2.98. The third kappa shape index (κ3) is 1.67. The standard InChI is InChI=1S/C9H15N3O2S/c1-9(2,15(3,13)14)8-11-10-6-12(8)7-4-5-7/h6-7H,4-5H2,1-3H3. The summed E-state index contributed by atoms with van der Waals surface area (Å²) in [7, 11) is -3.18. The Morgan fingerprint density at radius 1 is 1.47 bits per heavy atom. The summed E-state index contributed by atoms with van der Waals surface area (Å²) in [5.74, 6) is 0.549. The maximum atomic E-state index is 11.7. The Kier molecular flexibility index (Phi) is 2.15. The molecule has 84 valence electrons. The van der Waals surface area contributed by atoms with Crippen LogP contribution in [-0.2, 0) is 14.6 Å². The number of aromatic nitrogens is 3. The zero-order valence-corrected chi connectivity index (χ0v) is 9.95. The second kappa shape index (κ2) is 3.04. The van der Waals surface area contributed by atoms with Crippen LogP contribution in [0.5, 0.6) is 0 Å². The fourth-order valence-electron chi connectivity index (χ4n) is 1.46. The van der Waals surface area contributed by atoms with E-state index >= 15 is 0 Å². The molecular weight excluding hydrogens is 214 g/mol. The van der Waals surface area contributed by atoms with Crippen LogP contribution in [0.15, 0.2) is 6.33 Å². The molecular formula is C9H15N3O2S. The van der Waals surface area contributed by atoms with Gasteiger partial charge in [0.1, 0.15) is 11.1 Å². The summed E-state index contributed by atoms with van der Waals surface area (Å²) in [4.78, 5) is 0. The van der Waals surface area contributed by atoms with E-state index in [0.717, 1.165) is 12.8 Å². The van der Waals surface area contributed by atoms with Crippen molar-refractivity contribution in [2.24, 2.45) is 0 Å². The highest BCUT2D eigenvalue weighted by Crippen LogP contribution is 2.38. The Morgan fingerprint density at radius 2 is 2.07 bits per heavy atom. The first-order chi connectivity index (χ1) is 6.84. The summed E-state index contributed by atoms with van der Waals surface area (Å²) in [6.45, 7) is 3.34. The van der Waals surface area contributed by atoms with E-state index in [1.165, 1.54) is 6.26 Å². The summed E-state index contributed by atoms with van der Waals surface area (Å²) in [6.07, 6.45) is 5.04. The average Bonchev–Trinajstić information content (AvgIpc) is 2.81. The van der Waals surface area contributed by atoms with Crippen molar-refractivity contribution in [1.82, 2.24) is 14.8 Å². The van der Waals surface area contributed by atoms with Crippen LogP contribution in [-0.4, -0.2) is 29.4 Å². The van der Waals surface area contributed by atoms with E-state index < -0.39 is 14.6 Å². The zero-order chi connectivity index (χ0) is 11.3. The molecule has 0 aliphatic heterocycles. The van der Waals surface area contributed by atoms with Crippen LogP contribution in [0.4, 0.5) is 0 Å². The normalized spacial score (nSPS) is 18.1. The molecule has 0 radical (unpaired) electrons. The third-order valence-corrected chi connectivity index (χ3v) is 5.02. The lowest BCUT2D eigenvalue weighted by molar-refractivity contribution is 0.530. The Balaban J connectivity index is 2.48. The first-order valence-corrected chi connectivity index (χ1v) is 6.83. The predicted octanol–water partition coefficient (Wildman–Crippen LogP) is 0.893. The van der Waals surface area contributed by atoms with Gasteiger partial charge >= 0.3 is 0 Å². The van der Waals surface area contributed by atoms with Gasteiger partial charge in [-0.2, -0.15) is 0 Å². The van der Waals surface area contributed by atoms with Crippen LogP contribution in [0, 0.1) is 0 Å². The van der Waals surface area contributed by atoms with Crippen molar-refractivity contribution in [2.45, 2.75) is 37.5 Å². The molecule has 6 heteroatoms. The van der Waals surface area contributed by atoms with E-state index in [4.69, 9.17) is 0 Å². The Labute approximate surface area is 89.4 Å². The quantitative estimate of drug-likeness (QED) is 0.772. The molecule has 2 rings (SSSR count). The highest BCUT2D eigenvalue weighted by molar-refractivity contribution is 7.91. The molecule has 0 spiro atoms. The van der Waals surface area contributed by atoms with E-state index in [1.807, 2.05) is 4.57 Å².